The smallest absolute Gasteiger partial charge is 0.228 e. The summed E-state index contributed by atoms with van der Waals surface area (Å²) in [6.45, 7) is 0. The Balaban J connectivity index is 1.53. The molecule has 1 aliphatic rings. The van der Waals surface area contributed by atoms with E-state index in [1.165, 1.54) is 18.2 Å². The molecule has 24 heavy (non-hydrogen) atoms. The van der Waals surface area contributed by atoms with E-state index < -0.39 is 5.82 Å². The molecule has 1 aliphatic carbocycles. The van der Waals surface area contributed by atoms with Crippen LogP contribution in [0.25, 0.3) is 0 Å². The van der Waals surface area contributed by atoms with E-state index in [0.717, 1.165) is 0 Å². The Kier molecular flexibility index (Phi) is 4.46. The number of halogens is 1. The first-order valence-electron chi connectivity index (χ1n) is 7.58. The number of anilines is 2. The van der Waals surface area contributed by atoms with Crippen molar-refractivity contribution in [2.75, 3.05) is 17.7 Å². The molecule has 124 valence electrons. The van der Waals surface area contributed by atoms with Crippen molar-refractivity contribution in [1.29, 1.82) is 0 Å². The van der Waals surface area contributed by atoms with Crippen LogP contribution in [0.4, 0.5) is 15.8 Å². The molecular weight excluding hydrogens is 311 g/mol. The molecule has 2 amide bonds. The number of hydrogen-bond donors (Lipinski definition) is 2. The van der Waals surface area contributed by atoms with Gasteiger partial charge >= 0.3 is 0 Å². The third-order valence-corrected chi connectivity index (χ3v) is 3.91. The number of amides is 2. The van der Waals surface area contributed by atoms with E-state index in [1.807, 2.05) is 0 Å². The topological polar surface area (TPSA) is 67.4 Å². The van der Waals surface area contributed by atoms with Gasteiger partial charge in [0, 0.05) is 11.4 Å². The fourth-order valence-electron chi connectivity index (χ4n) is 2.49. The molecule has 0 saturated heterocycles. The van der Waals surface area contributed by atoms with Gasteiger partial charge in [0.15, 0.2) is 0 Å². The highest BCUT2D eigenvalue weighted by Crippen LogP contribution is 2.40. The first-order valence-corrected chi connectivity index (χ1v) is 7.58. The van der Waals surface area contributed by atoms with Gasteiger partial charge in [0.05, 0.1) is 18.9 Å². The summed E-state index contributed by atoms with van der Waals surface area (Å²) >= 11 is 0. The van der Waals surface area contributed by atoms with Crippen LogP contribution in [-0.2, 0) is 9.59 Å². The molecule has 3 rings (SSSR count). The van der Waals surface area contributed by atoms with Crippen molar-refractivity contribution >= 4 is 23.2 Å². The van der Waals surface area contributed by atoms with Gasteiger partial charge in [-0.15, -0.1) is 0 Å². The van der Waals surface area contributed by atoms with E-state index in [1.54, 1.807) is 37.4 Å². The fourth-order valence-corrected chi connectivity index (χ4v) is 2.49. The van der Waals surface area contributed by atoms with Gasteiger partial charge in [-0.3, -0.25) is 9.59 Å². The molecule has 0 spiro atoms. The van der Waals surface area contributed by atoms with Gasteiger partial charge in [-0.2, -0.15) is 0 Å². The van der Waals surface area contributed by atoms with E-state index in [9.17, 15) is 14.0 Å². The second-order valence-corrected chi connectivity index (χ2v) is 5.67. The van der Waals surface area contributed by atoms with Crippen LogP contribution >= 0.6 is 0 Å². The summed E-state index contributed by atoms with van der Waals surface area (Å²) < 4.78 is 18.2. The van der Waals surface area contributed by atoms with Crippen LogP contribution in [-0.4, -0.2) is 18.9 Å². The first kappa shape index (κ1) is 16.0. The molecule has 2 N–H and O–H groups in total. The van der Waals surface area contributed by atoms with Gasteiger partial charge < -0.3 is 15.4 Å². The minimum absolute atomic E-state index is 0.195. The largest absolute Gasteiger partial charge is 0.497 e. The summed E-state index contributed by atoms with van der Waals surface area (Å²) in [6.07, 6.45) is 0.489. The molecule has 1 fully saturated rings. The van der Waals surface area contributed by atoms with Crippen molar-refractivity contribution in [1.82, 2.24) is 0 Å². The number of methoxy groups -OCH3 is 1. The Hall–Kier alpha value is -2.89. The number of carbonyl (C=O) groups excluding carboxylic acids is 2. The summed E-state index contributed by atoms with van der Waals surface area (Å²) in [7, 11) is 1.57. The van der Waals surface area contributed by atoms with Crippen molar-refractivity contribution in [3.63, 3.8) is 0 Å². The summed E-state index contributed by atoms with van der Waals surface area (Å²) in [5, 5.41) is 5.41. The molecule has 0 heterocycles. The standard InChI is InChI=1S/C18H17FN2O3/c1-24-14-7-5-12(6-8-14)20-17(22)15-10-16(15)18(23)21-13-4-2-3-11(19)9-13/h2-9,15-16H,10H2,1H3,(H,20,22)(H,21,23). The van der Waals surface area contributed by atoms with Crippen LogP contribution in [0.1, 0.15) is 6.42 Å². The maximum atomic E-state index is 13.1. The van der Waals surface area contributed by atoms with Crippen molar-refractivity contribution in [3.8, 4) is 5.75 Å². The Morgan fingerprint density at radius 3 is 2.21 bits per heavy atom. The van der Waals surface area contributed by atoms with Crippen molar-refractivity contribution < 1.29 is 18.7 Å². The van der Waals surface area contributed by atoms with E-state index in [0.29, 0.717) is 23.5 Å². The zero-order chi connectivity index (χ0) is 17.1. The van der Waals surface area contributed by atoms with Gasteiger partial charge in [0.1, 0.15) is 11.6 Å². The normalized spacial score (nSPS) is 18.6. The zero-order valence-corrected chi connectivity index (χ0v) is 13.1. The zero-order valence-electron chi connectivity index (χ0n) is 13.1. The lowest BCUT2D eigenvalue weighted by Gasteiger charge is -2.07. The maximum Gasteiger partial charge on any atom is 0.228 e. The van der Waals surface area contributed by atoms with Crippen LogP contribution in [0.15, 0.2) is 48.5 Å². The average Bonchev–Trinajstić information content (AvgIpc) is 3.36. The Morgan fingerprint density at radius 2 is 1.62 bits per heavy atom. The summed E-state index contributed by atoms with van der Waals surface area (Å²) in [5.41, 5.74) is 1.04. The average molecular weight is 328 g/mol. The highest BCUT2D eigenvalue weighted by atomic mass is 19.1. The van der Waals surface area contributed by atoms with Gasteiger partial charge in [0.25, 0.3) is 0 Å². The number of ether oxygens (including phenoxy) is 1. The van der Waals surface area contributed by atoms with Crippen molar-refractivity contribution in [3.05, 3.63) is 54.3 Å². The minimum atomic E-state index is -0.419. The third kappa shape index (κ3) is 3.71. The van der Waals surface area contributed by atoms with E-state index in [2.05, 4.69) is 10.6 Å². The molecule has 0 aliphatic heterocycles. The predicted octanol–water partition coefficient (Wildman–Crippen LogP) is 3.05. The molecule has 2 aromatic carbocycles. The summed E-state index contributed by atoms with van der Waals surface area (Å²) in [4.78, 5) is 24.3. The fraction of sp³-hybridized carbons (Fsp3) is 0.222. The first-order chi connectivity index (χ1) is 11.6. The second-order valence-electron chi connectivity index (χ2n) is 5.67. The van der Waals surface area contributed by atoms with E-state index >= 15 is 0 Å². The number of nitrogens with one attached hydrogen (secondary N) is 2. The van der Waals surface area contributed by atoms with E-state index in [-0.39, 0.29) is 23.7 Å². The van der Waals surface area contributed by atoms with Gasteiger partial charge in [-0.1, -0.05) is 6.07 Å². The highest BCUT2D eigenvalue weighted by Gasteiger charge is 2.48. The van der Waals surface area contributed by atoms with Crippen molar-refractivity contribution in [2.45, 2.75) is 6.42 Å². The van der Waals surface area contributed by atoms with Gasteiger partial charge in [-0.25, -0.2) is 4.39 Å². The van der Waals surface area contributed by atoms with E-state index in [4.69, 9.17) is 4.74 Å². The monoisotopic (exact) mass is 328 g/mol. The number of hydrogen-bond acceptors (Lipinski definition) is 3. The summed E-state index contributed by atoms with van der Waals surface area (Å²) in [6, 6.07) is 12.6. The van der Waals surface area contributed by atoms with Crippen LogP contribution in [0.5, 0.6) is 5.75 Å². The lowest BCUT2D eigenvalue weighted by molar-refractivity contribution is -0.122. The van der Waals surface area contributed by atoms with Crippen LogP contribution < -0.4 is 15.4 Å². The lowest BCUT2D eigenvalue weighted by atomic mass is 10.2. The Bertz CT molecular complexity index is 761. The molecule has 0 radical (unpaired) electrons. The SMILES string of the molecule is COc1ccc(NC(=O)C2CC2C(=O)Nc2cccc(F)c2)cc1. The number of carbonyl (C=O) groups is 2. The number of benzene rings is 2. The molecule has 2 atom stereocenters. The molecular formula is C18H17FN2O3. The predicted molar refractivity (Wildman–Crippen MR) is 88.3 cm³/mol. The van der Waals surface area contributed by atoms with Crippen molar-refractivity contribution in [2.24, 2.45) is 11.8 Å². The summed E-state index contributed by atoms with van der Waals surface area (Å²) in [5.74, 6) is -0.925. The molecule has 2 unspecified atom stereocenters. The Labute approximate surface area is 138 Å². The lowest BCUT2D eigenvalue weighted by Crippen LogP contribution is -2.20. The molecule has 2 aromatic rings. The maximum absolute atomic E-state index is 13.1. The minimum Gasteiger partial charge on any atom is -0.497 e. The molecule has 0 aromatic heterocycles. The van der Waals surface area contributed by atoms with Gasteiger partial charge in [0.2, 0.25) is 11.8 Å². The van der Waals surface area contributed by atoms with Gasteiger partial charge in [-0.05, 0) is 48.9 Å². The third-order valence-electron chi connectivity index (χ3n) is 3.91. The number of rotatable bonds is 5. The quantitative estimate of drug-likeness (QED) is 0.886. The highest BCUT2D eigenvalue weighted by molar-refractivity contribution is 6.03. The molecule has 5 nitrogen and oxygen atoms in total. The molecule has 0 bridgehead atoms. The van der Waals surface area contributed by atoms with Crippen LogP contribution in [0.3, 0.4) is 0 Å². The van der Waals surface area contributed by atoms with Crippen LogP contribution in [0.2, 0.25) is 0 Å². The van der Waals surface area contributed by atoms with Crippen LogP contribution in [0, 0.1) is 17.7 Å². The molecule has 1 saturated carbocycles. The second kappa shape index (κ2) is 6.70. The molecule has 6 heteroatoms. The Morgan fingerprint density at radius 1 is 1.00 bits per heavy atom.